The highest BCUT2D eigenvalue weighted by Crippen LogP contribution is 2.28. The van der Waals surface area contributed by atoms with Gasteiger partial charge in [0.15, 0.2) is 5.76 Å². The predicted octanol–water partition coefficient (Wildman–Crippen LogP) is 3.53. The minimum atomic E-state index is -0.707. The molecule has 0 bridgehead atoms. The molecule has 2 heterocycles. The quantitative estimate of drug-likeness (QED) is 0.680. The van der Waals surface area contributed by atoms with E-state index < -0.39 is 11.9 Å². The molecule has 1 atom stereocenters. The molecule has 0 aliphatic heterocycles. The van der Waals surface area contributed by atoms with E-state index >= 15 is 0 Å². The molecule has 0 aliphatic carbocycles. The van der Waals surface area contributed by atoms with Gasteiger partial charge < -0.3 is 19.5 Å². The second-order valence-electron chi connectivity index (χ2n) is 5.69. The van der Waals surface area contributed by atoms with Crippen molar-refractivity contribution in [1.82, 2.24) is 10.6 Å². The summed E-state index contributed by atoms with van der Waals surface area (Å²) in [6.45, 7) is 3.70. The summed E-state index contributed by atoms with van der Waals surface area (Å²) in [7, 11) is 0. The summed E-state index contributed by atoms with van der Waals surface area (Å²) in [6, 6.07) is 8.33. The van der Waals surface area contributed by atoms with Crippen molar-refractivity contribution in [2.75, 3.05) is 0 Å². The van der Waals surface area contributed by atoms with Gasteiger partial charge in [-0.05, 0) is 44.2 Å². The Labute approximate surface area is 152 Å². The summed E-state index contributed by atoms with van der Waals surface area (Å²) >= 11 is 3.40. The van der Waals surface area contributed by atoms with Crippen LogP contribution < -0.4 is 10.6 Å². The Kier molecular flexibility index (Phi) is 4.94. The Morgan fingerprint density at radius 2 is 2.08 bits per heavy atom. The fraction of sp³-hybridized carbons (Fsp3) is 0.222. The van der Waals surface area contributed by atoms with Gasteiger partial charge in [0.2, 0.25) is 5.91 Å². The zero-order chi connectivity index (χ0) is 18.0. The number of aryl methyl sites for hydroxylation is 1. The predicted molar refractivity (Wildman–Crippen MR) is 96.1 cm³/mol. The van der Waals surface area contributed by atoms with Gasteiger partial charge in [-0.25, -0.2) is 0 Å². The lowest BCUT2D eigenvalue weighted by atomic mass is 10.1. The Balaban J connectivity index is 1.67. The van der Waals surface area contributed by atoms with Crippen molar-refractivity contribution in [2.24, 2.45) is 0 Å². The minimum Gasteiger partial charge on any atom is -0.467 e. The van der Waals surface area contributed by atoms with E-state index in [0.717, 1.165) is 15.4 Å². The number of halogens is 1. The monoisotopic (exact) mass is 404 g/mol. The van der Waals surface area contributed by atoms with Crippen LogP contribution in [-0.4, -0.2) is 17.9 Å². The molecule has 3 rings (SSSR count). The highest BCUT2D eigenvalue weighted by molar-refractivity contribution is 9.10. The molecule has 6 nitrogen and oxygen atoms in total. The van der Waals surface area contributed by atoms with E-state index in [1.54, 1.807) is 25.1 Å². The SMILES string of the molecule is Cc1c(C(=O)NC(C)C(=O)NCc2ccco2)oc2ccc(Br)cc12. The van der Waals surface area contributed by atoms with Crippen LogP contribution in [0.25, 0.3) is 11.0 Å². The van der Waals surface area contributed by atoms with Crippen LogP contribution >= 0.6 is 15.9 Å². The molecule has 2 N–H and O–H groups in total. The van der Waals surface area contributed by atoms with Gasteiger partial charge in [0, 0.05) is 15.4 Å². The Morgan fingerprint density at radius 1 is 1.28 bits per heavy atom. The molecule has 25 heavy (non-hydrogen) atoms. The molecular formula is C18H17BrN2O4. The molecule has 2 aromatic heterocycles. The molecule has 130 valence electrons. The van der Waals surface area contributed by atoms with Crippen LogP contribution in [0.2, 0.25) is 0 Å². The van der Waals surface area contributed by atoms with Crippen molar-refractivity contribution in [3.63, 3.8) is 0 Å². The van der Waals surface area contributed by atoms with E-state index in [1.165, 1.54) is 6.26 Å². The van der Waals surface area contributed by atoms with E-state index in [-0.39, 0.29) is 18.2 Å². The summed E-state index contributed by atoms with van der Waals surface area (Å²) in [5.74, 6) is 0.121. The van der Waals surface area contributed by atoms with Gasteiger partial charge in [0.25, 0.3) is 5.91 Å². The van der Waals surface area contributed by atoms with Crippen LogP contribution in [0.1, 0.15) is 28.8 Å². The second kappa shape index (κ2) is 7.14. The van der Waals surface area contributed by atoms with Crippen molar-refractivity contribution >= 4 is 38.7 Å². The van der Waals surface area contributed by atoms with Gasteiger partial charge >= 0.3 is 0 Å². The van der Waals surface area contributed by atoms with Gasteiger partial charge in [-0.3, -0.25) is 9.59 Å². The number of nitrogens with one attached hydrogen (secondary N) is 2. The number of rotatable bonds is 5. The first-order chi connectivity index (χ1) is 12.0. The third kappa shape index (κ3) is 3.76. The van der Waals surface area contributed by atoms with Crippen molar-refractivity contribution in [3.05, 3.63) is 58.2 Å². The molecule has 1 aromatic carbocycles. The third-order valence-electron chi connectivity index (χ3n) is 3.86. The van der Waals surface area contributed by atoms with Crippen LogP contribution in [0.3, 0.4) is 0 Å². The summed E-state index contributed by atoms with van der Waals surface area (Å²) in [5, 5.41) is 6.22. The van der Waals surface area contributed by atoms with E-state index in [4.69, 9.17) is 8.83 Å². The number of fused-ring (bicyclic) bond motifs is 1. The van der Waals surface area contributed by atoms with Gasteiger partial charge in [-0.2, -0.15) is 0 Å². The highest BCUT2D eigenvalue weighted by atomic mass is 79.9. The topological polar surface area (TPSA) is 84.5 Å². The van der Waals surface area contributed by atoms with Crippen LogP contribution in [-0.2, 0) is 11.3 Å². The van der Waals surface area contributed by atoms with Gasteiger partial charge in [0.1, 0.15) is 17.4 Å². The molecule has 0 aliphatic rings. The van der Waals surface area contributed by atoms with Gasteiger partial charge in [0.05, 0.1) is 12.8 Å². The molecule has 7 heteroatoms. The molecule has 0 fully saturated rings. The highest BCUT2D eigenvalue weighted by Gasteiger charge is 2.22. The molecule has 0 saturated heterocycles. The maximum atomic E-state index is 12.5. The number of hydrogen-bond acceptors (Lipinski definition) is 4. The lowest BCUT2D eigenvalue weighted by Crippen LogP contribution is -2.44. The van der Waals surface area contributed by atoms with Crippen molar-refractivity contribution in [2.45, 2.75) is 26.4 Å². The Bertz CT molecular complexity index is 915. The van der Waals surface area contributed by atoms with Crippen LogP contribution in [0, 0.1) is 6.92 Å². The zero-order valence-corrected chi connectivity index (χ0v) is 15.3. The Morgan fingerprint density at radius 3 is 2.80 bits per heavy atom. The van der Waals surface area contributed by atoms with E-state index in [2.05, 4.69) is 26.6 Å². The number of furan rings is 2. The number of hydrogen-bond donors (Lipinski definition) is 2. The van der Waals surface area contributed by atoms with E-state index in [1.807, 2.05) is 19.1 Å². The maximum absolute atomic E-state index is 12.5. The summed E-state index contributed by atoms with van der Waals surface area (Å²) in [4.78, 5) is 24.6. The van der Waals surface area contributed by atoms with E-state index in [0.29, 0.717) is 11.3 Å². The normalized spacial score (nSPS) is 12.1. The summed E-state index contributed by atoms with van der Waals surface area (Å²) in [6.07, 6.45) is 1.54. The van der Waals surface area contributed by atoms with Crippen LogP contribution in [0.4, 0.5) is 0 Å². The molecule has 2 amide bonds. The molecule has 0 radical (unpaired) electrons. The maximum Gasteiger partial charge on any atom is 0.287 e. The fourth-order valence-electron chi connectivity index (χ4n) is 2.48. The fourth-order valence-corrected chi connectivity index (χ4v) is 2.84. The van der Waals surface area contributed by atoms with Gasteiger partial charge in [-0.15, -0.1) is 0 Å². The first-order valence-corrected chi connectivity index (χ1v) is 8.54. The smallest absolute Gasteiger partial charge is 0.287 e. The molecular weight excluding hydrogens is 388 g/mol. The first kappa shape index (κ1) is 17.3. The number of carbonyl (C=O) groups excluding carboxylic acids is 2. The summed E-state index contributed by atoms with van der Waals surface area (Å²) < 4.78 is 11.7. The Hall–Kier alpha value is -2.54. The number of amides is 2. The van der Waals surface area contributed by atoms with Crippen LogP contribution in [0.5, 0.6) is 0 Å². The summed E-state index contributed by atoms with van der Waals surface area (Å²) in [5.41, 5.74) is 1.36. The molecule has 0 spiro atoms. The van der Waals surface area contributed by atoms with Crippen molar-refractivity contribution in [3.8, 4) is 0 Å². The molecule has 0 saturated carbocycles. The van der Waals surface area contributed by atoms with Crippen molar-refractivity contribution < 1.29 is 18.4 Å². The number of carbonyl (C=O) groups is 2. The lowest BCUT2D eigenvalue weighted by molar-refractivity contribution is -0.122. The third-order valence-corrected chi connectivity index (χ3v) is 4.36. The van der Waals surface area contributed by atoms with Gasteiger partial charge in [-0.1, -0.05) is 15.9 Å². The number of benzene rings is 1. The average Bonchev–Trinajstić information content (AvgIpc) is 3.21. The van der Waals surface area contributed by atoms with Crippen LogP contribution in [0.15, 0.2) is 49.9 Å². The second-order valence-corrected chi connectivity index (χ2v) is 6.60. The molecule has 1 unspecified atom stereocenters. The average molecular weight is 405 g/mol. The van der Waals surface area contributed by atoms with Crippen molar-refractivity contribution in [1.29, 1.82) is 0 Å². The van der Waals surface area contributed by atoms with E-state index in [9.17, 15) is 9.59 Å². The minimum absolute atomic E-state index is 0.207. The molecule has 3 aromatic rings. The standard InChI is InChI=1S/C18H17BrN2O4/c1-10-14-8-12(19)5-6-15(14)25-16(10)18(23)21-11(2)17(22)20-9-13-4-3-7-24-13/h3-8,11H,9H2,1-2H3,(H,20,22)(H,21,23). The lowest BCUT2D eigenvalue weighted by Gasteiger charge is -2.13. The zero-order valence-electron chi connectivity index (χ0n) is 13.8. The largest absolute Gasteiger partial charge is 0.467 e. The first-order valence-electron chi connectivity index (χ1n) is 7.75.